The number of nitrogens with zero attached hydrogens (tertiary/aromatic N) is 2. The fourth-order valence-electron chi connectivity index (χ4n) is 1.95. The van der Waals surface area contributed by atoms with Crippen molar-refractivity contribution in [3.8, 4) is 0 Å². The normalized spacial score (nSPS) is 32.8. The molecule has 0 N–H and O–H groups in total. The van der Waals surface area contributed by atoms with E-state index >= 15 is 0 Å². The SMILES string of the molecule is CS[C@@]1(C)CCN(C)CN1C(C)C. The fourth-order valence-corrected chi connectivity index (χ4v) is 2.75. The molecule has 0 bridgehead atoms. The maximum Gasteiger partial charge on any atom is 0.0664 e. The van der Waals surface area contributed by atoms with Crippen LogP contribution in [0.15, 0.2) is 0 Å². The van der Waals surface area contributed by atoms with Crippen molar-refractivity contribution in [1.82, 2.24) is 9.80 Å². The van der Waals surface area contributed by atoms with E-state index in [-0.39, 0.29) is 0 Å². The van der Waals surface area contributed by atoms with Gasteiger partial charge in [0.25, 0.3) is 0 Å². The van der Waals surface area contributed by atoms with Crippen LogP contribution in [0.5, 0.6) is 0 Å². The van der Waals surface area contributed by atoms with Crippen molar-refractivity contribution in [2.24, 2.45) is 0 Å². The molecule has 1 aliphatic rings. The van der Waals surface area contributed by atoms with E-state index in [1.807, 2.05) is 11.8 Å². The Labute approximate surface area is 86.7 Å². The molecular formula is C10H22N2S. The smallest absolute Gasteiger partial charge is 0.0664 e. The Kier molecular flexibility index (Phi) is 3.66. The highest BCUT2D eigenvalue weighted by atomic mass is 32.2. The van der Waals surface area contributed by atoms with Crippen LogP contribution in [0.4, 0.5) is 0 Å². The van der Waals surface area contributed by atoms with E-state index in [1.54, 1.807) is 0 Å². The van der Waals surface area contributed by atoms with Gasteiger partial charge in [-0.25, -0.2) is 0 Å². The second kappa shape index (κ2) is 4.20. The molecule has 0 radical (unpaired) electrons. The van der Waals surface area contributed by atoms with Gasteiger partial charge in [0.05, 0.1) is 11.5 Å². The van der Waals surface area contributed by atoms with E-state index in [1.165, 1.54) is 13.0 Å². The summed E-state index contributed by atoms with van der Waals surface area (Å²) < 4.78 is 0. The Morgan fingerprint density at radius 2 is 2.00 bits per heavy atom. The summed E-state index contributed by atoms with van der Waals surface area (Å²) in [5, 5.41) is 0. The van der Waals surface area contributed by atoms with Crippen LogP contribution < -0.4 is 0 Å². The highest BCUT2D eigenvalue weighted by molar-refractivity contribution is 7.99. The average molecular weight is 202 g/mol. The molecule has 0 aliphatic carbocycles. The number of hydrogen-bond donors (Lipinski definition) is 0. The molecular weight excluding hydrogens is 180 g/mol. The lowest BCUT2D eigenvalue weighted by Crippen LogP contribution is -2.57. The van der Waals surface area contributed by atoms with Gasteiger partial charge in [-0.3, -0.25) is 9.80 Å². The molecule has 0 aromatic heterocycles. The zero-order valence-corrected chi connectivity index (χ0v) is 10.3. The van der Waals surface area contributed by atoms with Crippen LogP contribution in [0.2, 0.25) is 0 Å². The number of hydrogen-bond acceptors (Lipinski definition) is 3. The Bertz CT molecular complexity index is 172. The molecule has 0 saturated carbocycles. The van der Waals surface area contributed by atoms with Crippen LogP contribution in [-0.2, 0) is 0 Å². The summed E-state index contributed by atoms with van der Waals surface area (Å²) in [7, 11) is 2.20. The van der Waals surface area contributed by atoms with Gasteiger partial charge >= 0.3 is 0 Å². The van der Waals surface area contributed by atoms with E-state index in [0.717, 1.165) is 6.67 Å². The molecule has 1 saturated heterocycles. The molecule has 0 spiro atoms. The molecule has 78 valence electrons. The second-order valence-corrected chi connectivity index (χ2v) is 5.70. The maximum atomic E-state index is 2.58. The van der Waals surface area contributed by atoms with Gasteiger partial charge in [-0.2, -0.15) is 0 Å². The minimum absolute atomic E-state index is 0.348. The second-order valence-electron chi connectivity index (χ2n) is 4.41. The van der Waals surface area contributed by atoms with Crippen molar-refractivity contribution in [2.75, 3.05) is 26.5 Å². The van der Waals surface area contributed by atoms with Crippen LogP contribution in [0, 0.1) is 0 Å². The lowest BCUT2D eigenvalue weighted by molar-refractivity contribution is 0.0206. The van der Waals surface area contributed by atoms with E-state index in [2.05, 4.69) is 43.9 Å². The van der Waals surface area contributed by atoms with Crippen molar-refractivity contribution in [1.29, 1.82) is 0 Å². The first-order chi connectivity index (χ1) is 5.99. The van der Waals surface area contributed by atoms with Crippen LogP contribution in [0.3, 0.4) is 0 Å². The van der Waals surface area contributed by atoms with Crippen molar-refractivity contribution in [3.63, 3.8) is 0 Å². The van der Waals surface area contributed by atoms with Gasteiger partial charge in [0, 0.05) is 12.6 Å². The molecule has 0 unspecified atom stereocenters. The van der Waals surface area contributed by atoms with Gasteiger partial charge in [-0.05, 0) is 40.5 Å². The molecule has 2 nitrogen and oxygen atoms in total. The third kappa shape index (κ3) is 2.39. The first-order valence-electron chi connectivity index (χ1n) is 5.00. The predicted molar refractivity (Wildman–Crippen MR) is 61.0 cm³/mol. The molecule has 1 aliphatic heterocycles. The Morgan fingerprint density at radius 3 is 2.46 bits per heavy atom. The van der Waals surface area contributed by atoms with E-state index < -0.39 is 0 Å². The third-order valence-corrected chi connectivity index (χ3v) is 4.34. The molecule has 1 rings (SSSR count). The molecule has 1 atom stereocenters. The molecule has 1 fully saturated rings. The quantitative estimate of drug-likeness (QED) is 0.677. The first-order valence-corrected chi connectivity index (χ1v) is 6.22. The van der Waals surface area contributed by atoms with E-state index in [0.29, 0.717) is 10.9 Å². The molecule has 0 amide bonds. The van der Waals surface area contributed by atoms with Gasteiger partial charge in [-0.15, -0.1) is 11.8 Å². The van der Waals surface area contributed by atoms with Gasteiger partial charge in [0.2, 0.25) is 0 Å². The fraction of sp³-hybridized carbons (Fsp3) is 1.00. The van der Waals surface area contributed by atoms with Crippen LogP contribution >= 0.6 is 11.8 Å². The average Bonchev–Trinajstić information content (AvgIpc) is 2.09. The van der Waals surface area contributed by atoms with Gasteiger partial charge in [0.1, 0.15) is 0 Å². The first kappa shape index (κ1) is 11.3. The highest BCUT2D eigenvalue weighted by Crippen LogP contribution is 2.35. The van der Waals surface area contributed by atoms with E-state index in [9.17, 15) is 0 Å². The van der Waals surface area contributed by atoms with Gasteiger partial charge < -0.3 is 0 Å². The number of thioether (sulfide) groups is 1. The van der Waals surface area contributed by atoms with Gasteiger partial charge in [0.15, 0.2) is 0 Å². The van der Waals surface area contributed by atoms with Crippen LogP contribution in [0.25, 0.3) is 0 Å². The molecule has 0 aromatic carbocycles. The molecule has 3 heteroatoms. The summed E-state index contributed by atoms with van der Waals surface area (Å²) in [6.07, 6.45) is 3.49. The molecule has 0 aromatic rings. The van der Waals surface area contributed by atoms with Crippen LogP contribution in [0.1, 0.15) is 27.2 Å². The summed E-state index contributed by atoms with van der Waals surface area (Å²) >= 11 is 1.99. The monoisotopic (exact) mass is 202 g/mol. The summed E-state index contributed by atoms with van der Waals surface area (Å²) in [6, 6.07) is 0.639. The highest BCUT2D eigenvalue weighted by Gasteiger charge is 2.36. The zero-order valence-electron chi connectivity index (χ0n) is 9.50. The Morgan fingerprint density at radius 1 is 1.38 bits per heavy atom. The minimum Gasteiger partial charge on any atom is -0.293 e. The minimum atomic E-state index is 0.348. The van der Waals surface area contributed by atoms with Gasteiger partial charge in [-0.1, -0.05) is 0 Å². The molecule has 13 heavy (non-hydrogen) atoms. The van der Waals surface area contributed by atoms with Crippen molar-refractivity contribution >= 4 is 11.8 Å². The lowest BCUT2D eigenvalue weighted by Gasteiger charge is -2.49. The lowest BCUT2D eigenvalue weighted by atomic mass is 10.1. The zero-order chi connectivity index (χ0) is 10.1. The van der Waals surface area contributed by atoms with Crippen molar-refractivity contribution < 1.29 is 0 Å². The standard InChI is InChI=1S/C10H22N2S/c1-9(2)12-8-11(4)7-6-10(12,3)13-5/h9H,6-8H2,1-5H3/t10-/m0/s1. The Hall–Kier alpha value is 0.270. The maximum absolute atomic E-state index is 2.58. The largest absolute Gasteiger partial charge is 0.293 e. The summed E-state index contributed by atoms with van der Waals surface area (Å²) in [6.45, 7) is 9.27. The van der Waals surface area contributed by atoms with Crippen molar-refractivity contribution in [2.45, 2.75) is 38.1 Å². The summed E-state index contributed by atoms with van der Waals surface area (Å²) in [5.74, 6) is 0. The number of rotatable bonds is 2. The van der Waals surface area contributed by atoms with Crippen molar-refractivity contribution in [3.05, 3.63) is 0 Å². The Balaban J connectivity index is 2.72. The summed E-state index contributed by atoms with van der Waals surface area (Å²) in [5.41, 5.74) is 0. The van der Waals surface area contributed by atoms with E-state index in [4.69, 9.17) is 0 Å². The molecule has 1 heterocycles. The summed E-state index contributed by atoms with van der Waals surface area (Å²) in [4.78, 5) is 5.33. The van der Waals surface area contributed by atoms with Crippen LogP contribution in [-0.4, -0.2) is 47.2 Å². The predicted octanol–water partition coefficient (Wildman–Crippen LogP) is 2.07. The third-order valence-electron chi connectivity index (χ3n) is 3.02. The topological polar surface area (TPSA) is 6.48 Å².